The zero-order valence-electron chi connectivity index (χ0n) is 11.9. The monoisotopic (exact) mass is 284 g/mol. The number of fused-ring (bicyclic) bond motifs is 4. The summed E-state index contributed by atoms with van der Waals surface area (Å²) in [7, 11) is 0. The third-order valence-corrected chi connectivity index (χ3v) is 4.46. The van der Waals surface area contributed by atoms with E-state index >= 15 is 0 Å². The number of hydrogen-bond acceptors (Lipinski definition) is 3. The molecule has 5 nitrogen and oxygen atoms in total. The van der Waals surface area contributed by atoms with E-state index in [-0.39, 0.29) is 11.9 Å². The minimum absolute atomic E-state index is 0.0927. The van der Waals surface area contributed by atoms with E-state index in [1.54, 1.807) is 0 Å². The Kier molecular flexibility index (Phi) is 2.65. The summed E-state index contributed by atoms with van der Waals surface area (Å²) in [6.45, 7) is 2.88. The van der Waals surface area contributed by atoms with Gasteiger partial charge in [0.15, 0.2) is 12.3 Å². The van der Waals surface area contributed by atoms with E-state index in [4.69, 9.17) is 0 Å². The average molecular weight is 284 g/mol. The molecule has 4 rings (SSSR count). The SMILES string of the molecule is Cc1ccc2[nH+]c3c(cc2c1)[C@@H](O)NC(=O)[C@H]1CCCN31. The molecule has 3 N–H and O–H groups in total. The lowest BCUT2D eigenvalue weighted by Gasteiger charge is -2.16. The van der Waals surface area contributed by atoms with E-state index in [2.05, 4.69) is 27.3 Å². The Morgan fingerprint density at radius 3 is 3.10 bits per heavy atom. The molecule has 2 atom stereocenters. The number of nitrogens with zero attached hydrogens (tertiary/aromatic N) is 1. The fourth-order valence-electron chi connectivity index (χ4n) is 3.41. The number of pyridine rings is 1. The molecule has 5 heteroatoms. The van der Waals surface area contributed by atoms with Crippen molar-refractivity contribution in [2.45, 2.75) is 32.0 Å². The second-order valence-electron chi connectivity index (χ2n) is 5.93. The van der Waals surface area contributed by atoms with Crippen molar-refractivity contribution in [1.82, 2.24) is 5.32 Å². The second-order valence-corrected chi connectivity index (χ2v) is 5.93. The summed E-state index contributed by atoms with van der Waals surface area (Å²) in [6.07, 6.45) is 0.866. The van der Waals surface area contributed by atoms with Gasteiger partial charge in [0.1, 0.15) is 5.52 Å². The summed E-state index contributed by atoms with van der Waals surface area (Å²) in [4.78, 5) is 17.7. The van der Waals surface area contributed by atoms with Crippen LogP contribution in [0, 0.1) is 6.92 Å². The van der Waals surface area contributed by atoms with Gasteiger partial charge >= 0.3 is 0 Å². The fourth-order valence-corrected chi connectivity index (χ4v) is 3.41. The summed E-state index contributed by atoms with van der Waals surface area (Å²) >= 11 is 0. The number of carbonyl (C=O) groups is 1. The molecular formula is C16H18N3O2+. The number of rotatable bonds is 0. The lowest BCUT2D eigenvalue weighted by atomic mass is 10.1. The van der Waals surface area contributed by atoms with Crippen molar-refractivity contribution in [2.75, 3.05) is 11.4 Å². The second kappa shape index (κ2) is 4.43. The number of nitrogens with one attached hydrogen (secondary N) is 2. The number of aliphatic hydroxyl groups excluding tert-OH is 1. The molecule has 21 heavy (non-hydrogen) atoms. The molecule has 1 saturated heterocycles. The molecule has 0 radical (unpaired) electrons. The number of amides is 1. The first kappa shape index (κ1) is 12.6. The Bertz CT molecular complexity index is 744. The molecule has 1 amide bonds. The first-order valence-electron chi connectivity index (χ1n) is 7.35. The topological polar surface area (TPSA) is 66.7 Å². The van der Waals surface area contributed by atoms with Crippen LogP contribution < -0.4 is 15.2 Å². The lowest BCUT2D eigenvalue weighted by molar-refractivity contribution is -0.331. The van der Waals surface area contributed by atoms with Crippen LogP contribution in [-0.2, 0) is 4.79 Å². The maximum absolute atomic E-state index is 12.2. The molecule has 1 aromatic carbocycles. The molecule has 1 fully saturated rings. The molecule has 2 aliphatic heterocycles. The maximum atomic E-state index is 12.2. The summed E-state index contributed by atoms with van der Waals surface area (Å²) < 4.78 is 0. The van der Waals surface area contributed by atoms with E-state index < -0.39 is 6.23 Å². The first-order valence-corrected chi connectivity index (χ1v) is 7.35. The predicted octanol–water partition coefficient (Wildman–Crippen LogP) is 1.05. The lowest BCUT2D eigenvalue weighted by Crippen LogP contribution is -2.42. The number of benzene rings is 1. The van der Waals surface area contributed by atoms with E-state index in [0.29, 0.717) is 0 Å². The van der Waals surface area contributed by atoms with Crippen LogP contribution in [0.3, 0.4) is 0 Å². The Balaban J connectivity index is 1.96. The normalized spacial score (nSPS) is 24.5. The molecular weight excluding hydrogens is 266 g/mol. The molecule has 2 aliphatic rings. The van der Waals surface area contributed by atoms with Gasteiger partial charge in [0.2, 0.25) is 0 Å². The maximum Gasteiger partial charge on any atom is 0.283 e. The van der Waals surface area contributed by atoms with Gasteiger partial charge in [0, 0.05) is 11.8 Å². The third kappa shape index (κ3) is 1.88. The van der Waals surface area contributed by atoms with Gasteiger partial charge in [-0.2, -0.15) is 0 Å². The highest BCUT2D eigenvalue weighted by molar-refractivity contribution is 5.88. The van der Waals surface area contributed by atoms with Gasteiger partial charge < -0.3 is 10.4 Å². The van der Waals surface area contributed by atoms with Crippen LogP contribution in [0.1, 0.15) is 30.2 Å². The van der Waals surface area contributed by atoms with Crippen molar-refractivity contribution in [3.05, 3.63) is 35.4 Å². The standard InChI is InChI=1S/C16H17N3O2/c1-9-4-5-12-10(7-9)8-11-14(17-12)19-6-2-3-13(19)16(21)18-15(11)20/h4-5,7-8,13,15,20H,2-3,6H2,1H3,(H,18,21)/p+1/t13-,15-/m1/s1. The quantitative estimate of drug-likeness (QED) is 0.760. The predicted molar refractivity (Wildman–Crippen MR) is 78.7 cm³/mol. The Labute approximate surface area is 122 Å². The molecule has 0 unspecified atom stereocenters. The number of aromatic amines is 1. The van der Waals surface area contributed by atoms with E-state index in [1.807, 2.05) is 19.1 Å². The number of hydrogen-bond donors (Lipinski definition) is 2. The van der Waals surface area contributed by atoms with Gasteiger partial charge in [-0.15, -0.1) is 0 Å². The van der Waals surface area contributed by atoms with Gasteiger partial charge in [0.05, 0.1) is 12.1 Å². The molecule has 0 saturated carbocycles. The van der Waals surface area contributed by atoms with Gasteiger partial charge in [-0.1, -0.05) is 11.6 Å². The third-order valence-electron chi connectivity index (χ3n) is 4.46. The smallest absolute Gasteiger partial charge is 0.283 e. The molecule has 0 bridgehead atoms. The van der Waals surface area contributed by atoms with Gasteiger partial charge in [-0.05, 0) is 31.5 Å². The van der Waals surface area contributed by atoms with Crippen molar-refractivity contribution < 1.29 is 14.9 Å². The van der Waals surface area contributed by atoms with Crippen molar-refractivity contribution in [3.8, 4) is 0 Å². The van der Waals surface area contributed by atoms with Crippen LogP contribution in [0.5, 0.6) is 0 Å². The number of aryl methyl sites for hydroxylation is 1. The highest BCUT2D eigenvalue weighted by atomic mass is 16.3. The van der Waals surface area contributed by atoms with Crippen molar-refractivity contribution in [1.29, 1.82) is 0 Å². The summed E-state index contributed by atoms with van der Waals surface area (Å²) in [5.74, 6) is 0.768. The molecule has 0 spiro atoms. The molecule has 3 heterocycles. The highest BCUT2D eigenvalue weighted by Gasteiger charge is 2.43. The van der Waals surface area contributed by atoms with Crippen LogP contribution in [0.15, 0.2) is 24.3 Å². The van der Waals surface area contributed by atoms with Crippen molar-refractivity contribution in [2.24, 2.45) is 0 Å². The minimum atomic E-state index is -0.959. The Morgan fingerprint density at radius 2 is 2.24 bits per heavy atom. The molecule has 108 valence electrons. The van der Waals surface area contributed by atoms with Crippen molar-refractivity contribution in [3.63, 3.8) is 0 Å². The largest absolute Gasteiger partial charge is 0.369 e. The zero-order chi connectivity index (χ0) is 14.6. The number of H-pyrrole nitrogens is 1. The summed E-state index contributed by atoms with van der Waals surface area (Å²) in [6, 6.07) is 7.97. The van der Waals surface area contributed by atoms with Gasteiger partial charge in [-0.3, -0.25) is 4.79 Å². The van der Waals surface area contributed by atoms with E-state index in [1.165, 1.54) is 5.56 Å². The molecule has 2 aromatic rings. The summed E-state index contributed by atoms with van der Waals surface area (Å²) in [5, 5.41) is 14.1. The number of aromatic nitrogens is 1. The number of aliphatic hydroxyl groups is 1. The molecule has 0 aliphatic carbocycles. The van der Waals surface area contributed by atoms with E-state index in [9.17, 15) is 9.90 Å². The van der Waals surface area contributed by atoms with E-state index in [0.717, 1.165) is 41.7 Å². The van der Waals surface area contributed by atoms with Crippen LogP contribution in [-0.4, -0.2) is 23.6 Å². The Hall–Kier alpha value is -2.14. The van der Waals surface area contributed by atoms with Gasteiger partial charge in [0.25, 0.3) is 11.7 Å². The fraction of sp³-hybridized carbons (Fsp3) is 0.375. The minimum Gasteiger partial charge on any atom is -0.369 e. The Morgan fingerprint density at radius 1 is 1.38 bits per heavy atom. The summed E-state index contributed by atoms with van der Waals surface area (Å²) in [5.41, 5.74) is 2.93. The average Bonchev–Trinajstić information content (AvgIpc) is 2.91. The highest BCUT2D eigenvalue weighted by Crippen LogP contribution is 2.32. The van der Waals surface area contributed by atoms with Crippen LogP contribution in [0.25, 0.3) is 10.9 Å². The van der Waals surface area contributed by atoms with Gasteiger partial charge in [-0.25, -0.2) is 9.88 Å². The van der Waals surface area contributed by atoms with Crippen LogP contribution >= 0.6 is 0 Å². The number of carbonyl (C=O) groups excluding carboxylic acids is 1. The first-order chi connectivity index (χ1) is 10.1. The molecule has 1 aromatic heterocycles. The van der Waals surface area contributed by atoms with Crippen molar-refractivity contribution >= 4 is 22.6 Å². The zero-order valence-corrected chi connectivity index (χ0v) is 11.9. The number of anilines is 1. The van der Waals surface area contributed by atoms with Crippen LogP contribution in [0.4, 0.5) is 5.82 Å². The van der Waals surface area contributed by atoms with Crippen LogP contribution in [0.2, 0.25) is 0 Å².